The molecule has 0 atom stereocenters. The summed E-state index contributed by atoms with van der Waals surface area (Å²) in [6.07, 6.45) is 3.76. The molecule has 2 aromatic heterocycles. The Morgan fingerprint density at radius 3 is 1.66 bits per heavy atom. The minimum absolute atomic E-state index is 0.706. The quantitative estimate of drug-likeness (QED) is 0.189. The molecule has 47 heavy (non-hydrogen) atoms. The van der Waals surface area contributed by atoms with Gasteiger partial charge in [-0.25, -0.2) is 9.97 Å². The van der Waals surface area contributed by atoms with Crippen molar-refractivity contribution in [3.63, 3.8) is 0 Å². The number of fused-ring (bicyclic) bond motifs is 8. The zero-order valence-corrected chi connectivity index (χ0v) is 25.9. The van der Waals surface area contributed by atoms with Crippen molar-refractivity contribution in [3.8, 4) is 45.0 Å². The van der Waals surface area contributed by atoms with Crippen molar-refractivity contribution in [3.05, 3.63) is 164 Å². The number of benzene rings is 7. The zero-order valence-electron chi connectivity index (χ0n) is 25.9. The lowest BCUT2D eigenvalue weighted by Gasteiger charge is -2.16. The van der Waals surface area contributed by atoms with Crippen molar-refractivity contribution in [2.24, 2.45) is 0 Å². The number of rotatable bonds is 4. The van der Waals surface area contributed by atoms with E-state index in [2.05, 4.69) is 133 Å². The van der Waals surface area contributed by atoms with Crippen molar-refractivity contribution in [2.75, 3.05) is 0 Å². The third-order valence-electron chi connectivity index (χ3n) is 9.31. The molecule has 0 aliphatic carbocycles. The van der Waals surface area contributed by atoms with Gasteiger partial charge in [0, 0.05) is 34.6 Å². The lowest BCUT2D eigenvalue weighted by Crippen LogP contribution is -1.97. The molecule has 0 aliphatic rings. The van der Waals surface area contributed by atoms with Gasteiger partial charge in [0.2, 0.25) is 0 Å². The van der Waals surface area contributed by atoms with Crippen molar-refractivity contribution < 1.29 is 0 Å². The summed E-state index contributed by atoms with van der Waals surface area (Å²) in [5.41, 5.74) is 8.37. The van der Waals surface area contributed by atoms with Crippen LogP contribution in [0.4, 0.5) is 0 Å². The average molecular weight is 600 g/mol. The van der Waals surface area contributed by atoms with Gasteiger partial charge in [0.25, 0.3) is 0 Å². The molecule has 3 nitrogen and oxygen atoms in total. The van der Waals surface area contributed by atoms with Crippen molar-refractivity contribution >= 4 is 43.1 Å². The summed E-state index contributed by atoms with van der Waals surface area (Å²) in [6, 6.07) is 51.7. The first-order valence-corrected chi connectivity index (χ1v) is 15.9. The Kier molecular flexibility index (Phi) is 6.36. The number of aromatic nitrogens is 3. The lowest BCUT2D eigenvalue weighted by molar-refractivity contribution is 1.19. The molecule has 0 bridgehead atoms. The highest BCUT2D eigenvalue weighted by Gasteiger charge is 2.18. The Bertz CT molecular complexity index is 2620. The predicted octanol–water partition coefficient (Wildman–Crippen LogP) is 11.5. The summed E-state index contributed by atoms with van der Waals surface area (Å²) in [7, 11) is 0. The standard InChI is InChI=1S/C44H29N3/c1-28-23-24-45-27-40(28)29-19-21-30(22-20-29)41-26-42(47-44(46-41)31-11-3-2-4-12-31)38-25-39-34-15-6-5-13-32(34)33-14-7-9-17-36(33)43(39)37-18-10-8-16-35(37)38/h2-27H,1H3. The molecule has 0 saturated heterocycles. The first-order valence-electron chi connectivity index (χ1n) is 15.9. The molecule has 220 valence electrons. The normalized spacial score (nSPS) is 11.5. The van der Waals surface area contributed by atoms with Crippen molar-refractivity contribution in [2.45, 2.75) is 6.92 Å². The monoisotopic (exact) mass is 599 g/mol. The molecule has 9 aromatic rings. The van der Waals surface area contributed by atoms with E-state index in [1.807, 2.05) is 36.7 Å². The Hall–Kier alpha value is -6.19. The average Bonchev–Trinajstić information content (AvgIpc) is 3.15. The highest BCUT2D eigenvalue weighted by atomic mass is 14.9. The van der Waals surface area contributed by atoms with E-state index >= 15 is 0 Å². The molecule has 0 saturated carbocycles. The van der Waals surface area contributed by atoms with Gasteiger partial charge in [0.15, 0.2) is 5.82 Å². The number of nitrogens with zero attached hydrogens (tertiary/aromatic N) is 3. The summed E-state index contributed by atoms with van der Waals surface area (Å²) < 4.78 is 0. The topological polar surface area (TPSA) is 38.7 Å². The van der Waals surface area contributed by atoms with E-state index in [4.69, 9.17) is 9.97 Å². The molecule has 0 N–H and O–H groups in total. The second-order valence-electron chi connectivity index (χ2n) is 12.1. The second-order valence-corrected chi connectivity index (χ2v) is 12.1. The fraction of sp³-hybridized carbons (Fsp3) is 0.0227. The van der Waals surface area contributed by atoms with Crippen LogP contribution in [-0.4, -0.2) is 15.0 Å². The molecular formula is C44H29N3. The van der Waals surface area contributed by atoms with E-state index < -0.39 is 0 Å². The predicted molar refractivity (Wildman–Crippen MR) is 196 cm³/mol. The number of hydrogen-bond acceptors (Lipinski definition) is 3. The van der Waals surface area contributed by atoms with Crippen LogP contribution in [0.2, 0.25) is 0 Å². The highest BCUT2D eigenvalue weighted by molar-refractivity contribution is 6.32. The molecule has 0 amide bonds. The third-order valence-corrected chi connectivity index (χ3v) is 9.31. The summed E-state index contributed by atoms with van der Waals surface area (Å²) in [4.78, 5) is 14.7. The van der Waals surface area contributed by atoms with E-state index in [0.29, 0.717) is 5.82 Å². The maximum Gasteiger partial charge on any atom is 0.160 e. The molecule has 9 rings (SSSR count). The van der Waals surface area contributed by atoms with Crippen LogP contribution >= 0.6 is 0 Å². The van der Waals surface area contributed by atoms with Gasteiger partial charge in [-0.1, -0.05) is 127 Å². The molecular weight excluding hydrogens is 571 g/mol. The van der Waals surface area contributed by atoms with Gasteiger partial charge in [0.05, 0.1) is 11.4 Å². The van der Waals surface area contributed by atoms with Crippen LogP contribution in [0.15, 0.2) is 158 Å². The van der Waals surface area contributed by atoms with Crippen LogP contribution in [0.1, 0.15) is 5.56 Å². The molecule has 3 heteroatoms. The van der Waals surface area contributed by atoms with Gasteiger partial charge in [-0.15, -0.1) is 0 Å². The van der Waals surface area contributed by atoms with Crippen LogP contribution in [0.5, 0.6) is 0 Å². The van der Waals surface area contributed by atoms with Gasteiger partial charge >= 0.3 is 0 Å². The fourth-order valence-corrected chi connectivity index (χ4v) is 7.01. The first kappa shape index (κ1) is 27.1. The molecule has 0 radical (unpaired) electrons. The molecule has 0 unspecified atom stereocenters. The van der Waals surface area contributed by atoms with Crippen molar-refractivity contribution in [1.82, 2.24) is 15.0 Å². The number of aryl methyl sites for hydroxylation is 1. The third kappa shape index (κ3) is 4.55. The van der Waals surface area contributed by atoms with Crippen LogP contribution in [0.3, 0.4) is 0 Å². The van der Waals surface area contributed by atoms with Crippen LogP contribution in [0.25, 0.3) is 88.1 Å². The summed E-state index contributed by atoms with van der Waals surface area (Å²) >= 11 is 0. The fourth-order valence-electron chi connectivity index (χ4n) is 7.01. The van der Waals surface area contributed by atoms with Gasteiger partial charge in [-0.2, -0.15) is 0 Å². The van der Waals surface area contributed by atoms with Crippen LogP contribution in [-0.2, 0) is 0 Å². The SMILES string of the molecule is Cc1ccncc1-c1ccc(-c2cc(-c3cc4c5ccccc5c5ccccc5c4c4ccccc34)nc(-c3ccccc3)n2)cc1. The highest BCUT2D eigenvalue weighted by Crippen LogP contribution is 2.43. The van der Waals surface area contributed by atoms with E-state index in [1.54, 1.807) is 0 Å². The van der Waals surface area contributed by atoms with Crippen molar-refractivity contribution in [1.29, 1.82) is 0 Å². The molecule has 7 aromatic carbocycles. The second kappa shape index (κ2) is 11.0. The maximum absolute atomic E-state index is 5.26. The smallest absolute Gasteiger partial charge is 0.160 e. The minimum atomic E-state index is 0.706. The Morgan fingerprint density at radius 1 is 0.404 bits per heavy atom. The lowest BCUT2D eigenvalue weighted by atomic mass is 9.88. The van der Waals surface area contributed by atoms with E-state index in [-0.39, 0.29) is 0 Å². The zero-order chi connectivity index (χ0) is 31.3. The van der Waals surface area contributed by atoms with Gasteiger partial charge in [-0.05, 0) is 79.3 Å². The summed E-state index contributed by atoms with van der Waals surface area (Å²) in [6.45, 7) is 2.12. The molecule has 0 fully saturated rings. The molecule has 0 spiro atoms. The van der Waals surface area contributed by atoms with Gasteiger partial charge in [0.1, 0.15) is 0 Å². The minimum Gasteiger partial charge on any atom is -0.264 e. The van der Waals surface area contributed by atoms with E-state index in [0.717, 1.165) is 39.2 Å². The molecule has 0 aliphatic heterocycles. The maximum atomic E-state index is 5.26. The number of pyridine rings is 1. The molecule has 2 heterocycles. The largest absolute Gasteiger partial charge is 0.264 e. The Balaban J connectivity index is 1.32. The summed E-state index contributed by atoms with van der Waals surface area (Å²) in [5, 5.41) is 9.94. The van der Waals surface area contributed by atoms with Gasteiger partial charge in [-0.3, -0.25) is 4.98 Å². The summed E-state index contributed by atoms with van der Waals surface area (Å²) in [5.74, 6) is 0.706. The number of hydrogen-bond donors (Lipinski definition) is 0. The Labute approximate surface area is 272 Å². The van der Waals surface area contributed by atoms with Crippen LogP contribution in [0, 0.1) is 6.92 Å². The van der Waals surface area contributed by atoms with E-state index in [9.17, 15) is 0 Å². The van der Waals surface area contributed by atoms with Gasteiger partial charge < -0.3 is 0 Å². The van der Waals surface area contributed by atoms with Crippen LogP contribution < -0.4 is 0 Å². The first-order chi connectivity index (χ1) is 23.2. The Morgan fingerprint density at radius 2 is 0.957 bits per heavy atom. The van der Waals surface area contributed by atoms with E-state index in [1.165, 1.54) is 48.7 Å².